The molecule has 2 aromatic rings. The Hall–Kier alpha value is -3.20. The molecule has 0 spiro atoms. The molecule has 0 aliphatic carbocycles. The number of carboxylic acid groups (broad SMARTS) is 2. The van der Waals surface area contributed by atoms with Crippen LogP contribution in [-0.4, -0.2) is 67.9 Å². The number of hydrogen-bond donors (Lipinski definition) is 3. The Morgan fingerprint density at radius 3 is 2.19 bits per heavy atom. The Balaban J connectivity index is 0.000000293. The summed E-state index contributed by atoms with van der Waals surface area (Å²) in [4.78, 5) is 34.4. The van der Waals surface area contributed by atoms with Crippen LogP contribution in [0.15, 0.2) is 36.4 Å². The normalized spacial score (nSPS) is 23.2. The van der Waals surface area contributed by atoms with Gasteiger partial charge in [-0.2, -0.15) is 5.10 Å². The van der Waals surface area contributed by atoms with Crippen molar-refractivity contribution in [2.45, 2.75) is 50.2 Å². The number of hydrogen-bond acceptors (Lipinski definition) is 5. The fourth-order valence-corrected chi connectivity index (χ4v) is 4.51. The van der Waals surface area contributed by atoms with E-state index in [1.165, 1.54) is 19.3 Å². The van der Waals surface area contributed by atoms with Crippen LogP contribution in [0.5, 0.6) is 0 Å². The average molecular weight is 428 g/mol. The minimum Gasteiger partial charge on any atom is -0.478 e. The van der Waals surface area contributed by atoms with Gasteiger partial charge in [0.1, 0.15) is 0 Å². The van der Waals surface area contributed by atoms with E-state index in [4.69, 9.17) is 10.2 Å². The second-order valence-electron chi connectivity index (χ2n) is 8.04. The summed E-state index contributed by atoms with van der Waals surface area (Å²) in [5, 5.41) is 24.2. The maximum atomic E-state index is 12.7. The number of para-hydroxylation sites is 1. The molecule has 0 radical (unpaired) electrons. The summed E-state index contributed by atoms with van der Waals surface area (Å²) in [7, 11) is 4.12. The molecule has 0 saturated carbocycles. The molecule has 2 fully saturated rings. The molecule has 9 heteroatoms. The first-order valence-corrected chi connectivity index (χ1v) is 10.3. The Bertz CT molecular complexity index is 969. The number of rotatable bonds is 4. The number of aryl methyl sites for hydroxylation is 1. The van der Waals surface area contributed by atoms with Crippen LogP contribution in [0.3, 0.4) is 0 Å². The highest BCUT2D eigenvalue weighted by Crippen LogP contribution is 2.32. The first-order valence-electron chi connectivity index (χ1n) is 10.3. The summed E-state index contributed by atoms with van der Waals surface area (Å²) in [6.07, 6.45) is 7.07. The third-order valence-corrected chi connectivity index (χ3v) is 6.02. The summed E-state index contributed by atoms with van der Waals surface area (Å²) in [6.45, 7) is 0. The first kappa shape index (κ1) is 22.5. The zero-order chi connectivity index (χ0) is 22.5. The lowest BCUT2D eigenvalue weighted by atomic mass is 9.82. The maximum Gasteiger partial charge on any atom is 0.328 e. The van der Waals surface area contributed by atoms with Gasteiger partial charge in [-0.1, -0.05) is 24.6 Å². The van der Waals surface area contributed by atoms with Gasteiger partial charge in [0.15, 0.2) is 5.69 Å². The molecule has 3 atom stereocenters. The fourth-order valence-electron chi connectivity index (χ4n) is 4.51. The van der Waals surface area contributed by atoms with Gasteiger partial charge in [-0.15, -0.1) is 0 Å². The lowest BCUT2D eigenvalue weighted by Gasteiger charge is -2.47. The van der Waals surface area contributed by atoms with Crippen molar-refractivity contribution in [2.75, 3.05) is 7.05 Å². The van der Waals surface area contributed by atoms with Crippen LogP contribution in [0.2, 0.25) is 0 Å². The Labute approximate surface area is 180 Å². The van der Waals surface area contributed by atoms with E-state index in [9.17, 15) is 14.4 Å². The summed E-state index contributed by atoms with van der Waals surface area (Å²) in [6, 6.07) is 9.42. The van der Waals surface area contributed by atoms with Crippen LogP contribution in [-0.2, 0) is 16.6 Å². The van der Waals surface area contributed by atoms with E-state index in [0.29, 0.717) is 29.9 Å². The molecule has 2 aliphatic rings. The monoisotopic (exact) mass is 428 g/mol. The number of benzene rings is 1. The summed E-state index contributed by atoms with van der Waals surface area (Å²) >= 11 is 0. The summed E-state index contributed by atoms with van der Waals surface area (Å²) in [5.41, 5.74) is 1.55. The van der Waals surface area contributed by atoms with Gasteiger partial charge in [-0.05, 0) is 38.8 Å². The highest BCUT2D eigenvalue weighted by atomic mass is 16.4. The SMILES string of the molecule is CN1[C@@H]2CCC[C@H]1CC(NC(=O)c1nn(C)c3ccccc13)C2.O=C(O)/C=C\C(=O)O. The molecule has 3 heterocycles. The van der Waals surface area contributed by atoms with Gasteiger partial charge < -0.3 is 20.4 Å². The van der Waals surface area contributed by atoms with E-state index in [1.807, 2.05) is 31.3 Å². The predicted molar refractivity (Wildman–Crippen MR) is 115 cm³/mol. The number of nitrogens with zero attached hydrogens (tertiary/aromatic N) is 3. The molecule has 1 aromatic carbocycles. The number of carbonyl (C=O) groups excluding carboxylic acids is 1. The summed E-state index contributed by atoms with van der Waals surface area (Å²) < 4.78 is 1.79. The molecule has 4 rings (SSSR count). The molecule has 9 nitrogen and oxygen atoms in total. The molecular weight excluding hydrogens is 400 g/mol. The van der Waals surface area contributed by atoms with Gasteiger partial charge >= 0.3 is 11.9 Å². The minimum absolute atomic E-state index is 0.0329. The van der Waals surface area contributed by atoms with Crippen LogP contribution < -0.4 is 5.32 Å². The van der Waals surface area contributed by atoms with Crippen molar-refractivity contribution < 1.29 is 24.6 Å². The quantitative estimate of drug-likeness (QED) is 0.636. The second kappa shape index (κ2) is 9.74. The average Bonchev–Trinajstić information content (AvgIpc) is 3.05. The number of fused-ring (bicyclic) bond motifs is 3. The molecule has 31 heavy (non-hydrogen) atoms. The number of aromatic nitrogens is 2. The van der Waals surface area contributed by atoms with Crippen molar-refractivity contribution in [3.63, 3.8) is 0 Å². The minimum atomic E-state index is -1.26. The van der Waals surface area contributed by atoms with Crippen LogP contribution >= 0.6 is 0 Å². The topological polar surface area (TPSA) is 125 Å². The molecule has 1 aromatic heterocycles. The number of carbonyl (C=O) groups is 3. The molecule has 166 valence electrons. The number of piperidine rings is 2. The largest absolute Gasteiger partial charge is 0.478 e. The Morgan fingerprint density at radius 2 is 1.61 bits per heavy atom. The number of aliphatic carboxylic acids is 2. The maximum absolute atomic E-state index is 12.7. The molecule has 1 amide bonds. The van der Waals surface area contributed by atoms with Crippen molar-refractivity contribution in [3.05, 3.63) is 42.1 Å². The lowest BCUT2D eigenvalue weighted by molar-refractivity contribution is -0.134. The zero-order valence-electron chi connectivity index (χ0n) is 17.7. The van der Waals surface area contributed by atoms with E-state index in [-0.39, 0.29) is 11.9 Å². The number of nitrogens with one attached hydrogen (secondary N) is 1. The van der Waals surface area contributed by atoms with E-state index in [1.54, 1.807) is 4.68 Å². The standard InChI is InChI=1S/C18H24N4O.C4H4O4/c1-21-13-6-5-7-14(21)11-12(10-13)19-18(23)17-15-8-3-4-9-16(15)22(2)20-17;5-3(6)1-2-4(7)8/h3-4,8-9,12-14H,5-7,10-11H2,1-2H3,(H,19,23);1-2H,(H,5,6)(H,7,8)/b;2-1-/t12?,13-,14+;. The van der Waals surface area contributed by atoms with Gasteiger partial charge in [-0.3, -0.25) is 9.48 Å². The van der Waals surface area contributed by atoms with Crippen molar-refractivity contribution >= 4 is 28.7 Å². The second-order valence-corrected chi connectivity index (χ2v) is 8.04. The van der Waals surface area contributed by atoms with Crippen molar-refractivity contribution in [2.24, 2.45) is 7.05 Å². The van der Waals surface area contributed by atoms with Crippen molar-refractivity contribution in [1.29, 1.82) is 0 Å². The van der Waals surface area contributed by atoms with Crippen molar-refractivity contribution in [1.82, 2.24) is 20.0 Å². The van der Waals surface area contributed by atoms with Crippen LogP contribution in [0.25, 0.3) is 10.9 Å². The van der Waals surface area contributed by atoms with Gasteiger partial charge in [0.2, 0.25) is 0 Å². The van der Waals surface area contributed by atoms with Crippen LogP contribution in [0.1, 0.15) is 42.6 Å². The molecule has 3 N–H and O–H groups in total. The van der Waals surface area contributed by atoms with E-state index in [0.717, 1.165) is 23.7 Å². The van der Waals surface area contributed by atoms with Crippen molar-refractivity contribution in [3.8, 4) is 0 Å². The van der Waals surface area contributed by atoms with E-state index < -0.39 is 11.9 Å². The summed E-state index contributed by atoms with van der Waals surface area (Å²) in [5.74, 6) is -2.55. The van der Waals surface area contributed by atoms with Gasteiger partial charge in [-0.25, -0.2) is 9.59 Å². The highest BCUT2D eigenvalue weighted by molar-refractivity contribution is 6.04. The van der Waals surface area contributed by atoms with Crippen LogP contribution in [0, 0.1) is 0 Å². The van der Waals surface area contributed by atoms with Gasteiger partial charge in [0.25, 0.3) is 5.91 Å². The molecular formula is C22H28N4O5. The fraction of sp³-hybridized carbons (Fsp3) is 0.455. The van der Waals surface area contributed by atoms with E-state index in [2.05, 4.69) is 22.4 Å². The third kappa shape index (κ3) is 5.49. The van der Waals surface area contributed by atoms with Gasteiger partial charge in [0.05, 0.1) is 5.52 Å². The number of carboxylic acids is 2. The molecule has 2 saturated heterocycles. The van der Waals surface area contributed by atoms with Gasteiger partial charge in [0, 0.05) is 42.7 Å². The third-order valence-electron chi connectivity index (χ3n) is 6.02. The molecule has 2 aliphatic heterocycles. The molecule has 2 bridgehead atoms. The van der Waals surface area contributed by atoms with Crippen LogP contribution in [0.4, 0.5) is 0 Å². The Kier molecular flexibility index (Phi) is 7.06. The predicted octanol–water partition coefficient (Wildman–Crippen LogP) is 2.03. The smallest absolute Gasteiger partial charge is 0.328 e. The first-order chi connectivity index (χ1) is 14.8. The zero-order valence-corrected chi connectivity index (χ0v) is 17.7. The van der Waals surface area contributed by atoms with E-state index >= 15 is 0 Å². The Morgan fingerprint density at radius 1 is 1.03 bits per heavy atom. The lowest BCUT2D eigenvalue weighted by Crippen LogP contribution is -2.55. The molecule has 1 unspecified atom stereocenters. The number of amides is 1. The highest BCUT2D eigenvalue weighted by Gasteiger charge is 2.36.